The van der Waals surface area contributed by atoms with Crippen molar-refractivity contribution in [1.29, 1.82) is 0 Å². The van der Waals surface area contributed by atoms with Gasteiger partial charge in [0, 0.05) is 12.1 Å². The summed E-state index contributed by atoms with van der Waals surface area (Å²) in [5.74, 6) is -0.871. The average Bonchev–Trinajstić information content (AvgIpc) is 3.04. The van der Waals surface area contributed by atoms with Gasteiger partial charge >= 0.3 is 0 Å². The number of rotatable bonds is 7. The zero-order valence-electron chi connectivity index (χ0n) is 26.3. The number of nitrogens with zero attached hydrogens (tertiary/aromatic N) is 4. The van der Waals surface area contributed by atoms with Crippen molar-refractivity contribution in [3.8, 4) is 22.6 Å². The molecule has 6 aromatic rings. The maximum Gasteiger partial charge on any atom is 0.294 e. The molecule has 6 rings (SSSR count). The van der Waals surface area contributed by atoms with Crippen molar-refractivity contribution in [1.82, 2.24) is 0 Å². The van der Waals surface area contributed by atoms with Crippen LogP contribution in [0.25, 0.3) is 32.7 Å². The van der Waals surface area contributed by atoms with Crippen LogP contribution >= 0.6 is 0 Å². The minimum atomic E-state index is -4.55. The molecule has 0 heterocycles. The zero-order valence-corrected chi connectivity index (χ0v) is 27.9. The lowest BCUT2D eigenvalue weighted by molar-refractivity contribution is 0.470. The first-order chi connectivity index (χ1) is 23.5. The number of phenols is 2. The summed E-state index contributed by atoms with van der Waals surface area (Å²) in [6.07, 6.45) is 0. The normalized spacial score (nSPS) is 12.5. The van der Waals surface area contributed by atoms with Gasteiger partial charge in [0.1, 0.15) is 22.9 Å². The average molecular weight is 713 g/mol. The van der Waals surface area contributed by atoms with E-state index in [9.17, 15) is 36.2 Å². The van der Waals surface area contributed by atoms with Crippen LogP contribution in [0.1, 0.15) is 11.1 Å². The highest BCUT2D eigenvalue weighted by atomic mass is 32.2. The molecule has 0 radical (unpaired) electrons. The number of hydrogen-bond acceptors (Lipinski definition) is 12. The van der Waals surface area contributed by atoms with Crippen LogP contribution in [0.2, 0.25) is 0 Å². The summed E-state index contributed by atoms with van der Waals surface area (Å²) in [6, 6.07) is 21.3. The van der Waals surface area contributed by atoms with Gasteiger partial charge in [-0.25, -0.2) is 0 Å². The van der Waals surface area contributed by atoms with Crippen molar-refractivity contribution in [2.24, 2.45) is 20.5 Å². The number of aryl methyl sites for hydroxylation is 2. The van der Waals surface area contributed by atoms with Crippen LogP contribution in [0.5, 0.6) is 11.5 Å². The molecule has 0 aliphatic carbocycles. The van der Waals surface area contributed by atoms with Gasteiger partial charge in [-0.3, -0.25) is 9.11 Å². The number of nitrogens with two attached hydrogens (primary N) is 2. The largest absolute Gasteiger partial charge is 0.507 e. The molecule has 0 aliphatic heterocycles. The number of fused-ring (bicyclic) bond motifs is 2. The summed E-state index contributed by atoms with van der Waals surface area (Å²) in [6.45, 7) is 3.69. The van der Waals surface area contributed by atoms with Crippen LogP contribution < -0.4 is 11.5 Å². The molecule has 50 heavy (non-hydrogen) atoms. The second-order valence-electron chi connectivity index (χ2n) is 11.4. The molecule has 0 aliphatic rings. The molecule has 0 unspecified atom stereocenters. The van der Waals surface area contributed by atoms with E-state index >= 15 is 0 Å². The molecule has 254 valence electrons. The summed E-state index contributed by atoms with van der Waals surface area (Å²) >= 11 is 0. The van der Waals surface area contributed by atoms with Crippen molar-refractivity contribution in [3.63, 3.8) is 0 Å². The number of aromatic hydroxyl groups is 2. The summed E-state index contributed by atoms with van der Waals surface area (Å²) in [7, 11) is -9.11. The standard InChI is InChI=1S/C34H28N6O8S2/c1-17-11-19(5-9-27(17)37-39-33-25(35)7-3-21-13-23(49(43,44)45)15-29(41)31(21)33)20-6-10-28(18(2)12-20)38-40-34-26(36)8-4-22-14-24(50(46,47)48)16-30(42)32(22)34/h3-16,41-42H,35-36H2,1-2H3,(H,43,44,45)(H,46,47,48). The van der Waals surface area contributed by atoms with Crippen LogP contribution in [0.4, 0.5) is 34.1 Å². The smallest absolute Gasteiger partial charge is 0.294 e. The SMILES string of the molecule is Cc1cc(-c2ccc(N=Nc3c(N)ccc4cc(S(=O)(=O)O)cc(O)c34)c(C)c2)ccc1N=Nc1c(N)ccc2cc(S(=O)(=O)O)cc(O)c12. The van der Waals surface area contributed by atoms with Gasteiger partial charge in [-0.1, -0.05) is 24.3 Å². The number of azo groups is 2. The Hall–Kier alpha value is -5.94. The molecule has 0 spiro atoms. The van der Waals surface area contributed by atoms with Crippen molar-refractivity contribution in [2.45, 2.75) is 23.6 Å². The van der Waals surface area contributed by atoms with Gasteiger partial charge in [0.15, 0.2) is 0 Å². The summed E-state index contributed by atoms with van der Waals surface area (Å²) in [5.41, 5.74) is 17.2. The summed E-state index contributed by atoms with van der Waals surface area (Å²) in [4.78, 5) is -0.941. The fraction of sp³-hybridized carbons (Fsp3) is 0.0588. The molecular formula is C34H28N6O8S2. The highest BCUT2D eigenvalue weighted by molar-refractivity contribution is 7.86. The first-order valence-corrected chi connectivity index (χ1v) is 17.5. The van der Waals surface area contributed by atoms with E-state index in [1.807, 2.05) is 38.1 Å². The predicted octanol–water partition coefficient (Wildman–Crippen LogP) is 8.18. The number of benzene rings is 6. The van der Waals surface area contributed by atoms with Crippen molar-refractivity contribution >= 4 is 75.9 Å². The monoisotopic (exact) mass is 712 g/mol. The van der Waals surface area contributed by atoms with Crippen LogP contribution in [0, 0.1) is 13.8 Å². The predicted molar refractivity (Wildman–Crippen MR) is 189 cm³/mol. The zero-order chi connectivity index (χ0) is 36.1. The molecule has 8 N–H and O–H groups in total. The van der Waals surface area contributed by atoms with E-state index in [4.69, 9.17) is 11.5 Å². The van der Waals surface area contributed by atoms with Gasteiger partial charge in [-0.2, -0.15) is 27.1 Å². The molecular weight excluding hydrogens is 685 g/mol. The molecule has 0 atom stereocenters. The van der Waals surface area contributed by atoms with E-state index in [-0.39, 0.29) is 33.5 Å². The van der Waals surface area contributed by atoms with Crippen LogP contribution in [0.3, 0.4) is 0 Å². The Morgan fingerprint density at radius 2 is 0.900 bits per heavy atom. The van der Waals surface area contributed by atoms with Gasteiger partial charge in [0.05, 0.1) is 43.3 Å². The number of nitrogen functional groups attached to an aromatic ring is 2. The van der Waals surface area contributed by atoms with Crippen molar-refractivity contribution in [2.75, 3.05) is 11.5 Å². The Morgan fingerprint density at radius 1 is 0.520 bits per heavy atom. The van der Waals surface area contributed by atoms with Crippen molar-refractivity contribution in [3.05, 3.63) is 96.1 Å². The highest BCUT2D eigenvalue weighted by Gasteiger charge is 2.18. The minimum absolute atomic E-state index is 0.133. The Balaban J connectivity index is 1.28. The first kappa shape index (κ1) is 33.9. The third-order valence-corrected chi connectivity index (χ3v) is 9.65. The van der Waals surface area contributed by atoms with Crippen LogP contribution in [0.15, 0.2) is 115 Å². The third kappa shape index (κ3) is 6.55. The van der Waals surface area contributed by atoms with Gasteiger partial charge in [-0.15, -0.1) is 10.2 Å². The Kier molecular flexibility index (Phi) is 8.49. The quantitative estimate of drug-likeness (QED) is 0.0526. The number of hydrogen-bond donors (Lipinski definition) is 6. The van der Waals surface area contributed by atoms with Crippen LogP contribution in [-0.2, 0) is 20.2 Å². The van der Waals surface area contributed by atoms with Gasteiger partial charge in [0.2, 0.25) is 0 Å². The van der Waals surface area contributed by atoms with Crippen LogP contribution in [-0.4, -0.2) is 36.2 Å². The highest BCUT2D eigenvalue weighted by Crippen LogP contribution is 2.42. The fourth-order valence-electron chi connectivity index (χ4n) is 5.44. The van der Waals surface area contributed by atoms with Gasteiger partial charge < -0.3 is 21.7 Å². The minimum Gasteiger partial charge on any atom is -0.507 e. The van der Waals surface area contributed by atoms with Gasteiger partial charge in [0.25, 0.3) is 20.2 Å². The lowest BCUT2D eigenvalue weighted by atomic mass is 10.00. The molecule has 0 saturated carbocycles. The van der Waals surface area contributed by atoms with E-state index in [1.165, 1.54) is 36.4 Å². The van der Waals surface area contributed by atoms with E-state index in [0.717, 1.165) is 34.4 Å². The lowest BCUT2D eigenvalue weighted by Gasteiger charge is -2.10. The molecule has 0 bridgehead atoms. The Labute approximate surface area is 285 Å². The molecule has 0 fully saturated rings. The van der Waals surface area contributed by atoms with E-state index in [2.05, 4.69) is 20.5 Å². The Bertz CT molecular complexity index is 2490. The molecule has 14 nitrogen and oxygen atoms in total. The molecule has 16 heteroatoms. The maximum atomic E-state index is 11.6. The Morgan fingerprint density at radius 3 is 1.24 bits per heavy atom. The summed E-state index contributed by atoms with van der Waals surface area (Å²) < 4.78 is 65.2. The topological polar surface area (TPSA) is 251 Å². The second kappa shape index (κ2) is 12.5. The molecule has 0 saturated heterocycles. The van der Waals surface area contributed by atoms with Crippen molar-refractivity contribution < 1.29 is 36.2 Å². The fourth-order valence-corrected chi connectivity index (χ4v) is 6.52. The third-order valence-electron chi connectivity index (χ3n) is 7.99. The van der Waals surface area contributed by atoms with E-state index < -0.39 is 41.5 Å². The first-order valence-electron chi connectivity index (χ1n) is 14.6. The van der Waals surface area contributed by atoms with E-state index in [0.29, 0.717) is 22.1 Å². The number of phenolic OH excluding ortho intramolecular Hbond substituents is 2. The lowest BCUT2D eigenvalue weighted by Crippen LogP contribution is -1.98. The molecule has 0 aromatic heterocycles. The molecule has 0 amide bonds. The van der Waals surface area contributed by atoms with Gasteiger partial charge in [-0.05, 0) is 95.4 Å². The second-order valence-corrected chi connectivity index (χ2v) is 14.3. The summed E-state index contributed by atoms with van der Waals surface area (Å²) in [5, 5.41) is 39.3. The maximum absolute atomic E-state index is 11.6. The molecule has 6 aromatic carbocycles. The van der Waals surface area contributed by atoms with E-state index in [1.54, 1.807) is 12.1 Å². The number of anilines is 2.